The van der Waals surface area contributed by atoms with Crippen LogP contribution in [0.2, 0.25) is 5.02 Å². The molecule has 1 saturated heterocycles. The summed E-state index contributed by atoms with van der Waals surface area (Å²) in [5.41, 5.74) is 2.64. The van der Waals surface area contributed by atoms with Gasteiger partial charge in [-0.2, -0.15) is 0 Å². The van der Waals surface area contributed by atoms with Crippen molar-refractivity contribution in [2.75, 3.05) is 13.1 Å². The molecule has 3 aromatic rings. The van der Waals surface area contributed by atoms with Crippen LogP contribution in [0.25, 0.3) is 0 Å². The predicted molar refractivity (Wildman–Crippen MR) is 119 cm³/mol. The van der Waals surface area contributed by atoms with Gasteiger partial charge < -0.3 is 9.67 Å². The van der Waals surface area contributed by atoms with Crippen LogP contribution in [0.4, 0.5) is 0 Å². The number of likely N-dealkylation sites (tertiary alicyclic amines) is 1. The highest BCUT2D eigenvalue weighted by Gasteiger charge is 2.30. The number of aromatic nitrogens is 2. The second-order valence-electron chi connectivity index (χ2n) is 7.85. The fourth-order valence-electron chi connectivity index (χ4n) is 4.29. The first-order valence-electron chi connectivity index (χ1n) is 10.4. The average molecular weight is 424 g/mol. The van der Waals surface area contributed by atoms with E-state index < -0.39 is 0 Å². The molecule has 6 heteroatoms. The monoisotopic (exact) mass is 423 g/mol. The number of pyridine rings is 2. The standard InChI is InChI=1S/C24H26ClN3O2/c1-17-14-21(29)22(24(30)28(17)16-20-10-3-4-11-26-20)23(27-12-5-2-6-13-27)18-8-7-9-19(25)15-18/h3-4,7-11,14-15,23,29H,2,5-6,12-13,16H2,1H3. The van der Waals surface area contributed by atoms with Crippen molar-refractivity contribution in [2.24, 2.45) is 0 Å². The van der Waals surface area contributed by atoms with Gasteiger partial charge in [0.25, 0.3) is 5.56 Å². The van der Waals surface area contributed by atoms with Gasteiger partial charge in [0.05, 0.1) is 23.8 Å². The molecule has 3 heterocycles. The number of hydrogen-bond acceptors (Lipinski definition) is 4. The Balaban J connectivity index is 1.85. The molecule has 156 valence electrons. The van der Waals surface area contributed by atoms with Crippen molar-refractivity contribution in [2.45, 2.75) is 38.8 Å². The number of nitrogens with zero attached hydrogens (tertiary/aromatic N) is 3. The number of aromatic hydroxyl groups is 1. The minimum absolute atomic E-state index is 0.0327. The van der Waals surface area contributed by atoms with Gasteiger partial charge in [-0.15, -0.1) is 0 Å². The van der Waals surface area contributed by atoms with Crippen molar-refractivity contribution in [3.8, 4) is 5.75 Å². The Morgan fingerprint density at radius 2 is 1.90 bits per heavy atom. The molecule has 0 bridgehead atoms. The van der Waals surface area contributed by atoms with Gasteiger partial charge in [-0.25, -0.2) is 0 Å². The van der Waals surface area contributed by atoms with Gasteiger partial charge in [0, 0.05) is 16.9 Å². The summed E-state index contributed by atoms with van der Waals surface area (Å²) >= 11 is 6.29. The van der Waals surface area contributed by atoms with Gasteiger partial charge >= 0.3 is 0 Å². The lowest BCUT2D eigenvalue weighted by Gasteiger charge is -2.35. The minimum atomic E-state index is -0.341. The molecule has 1 fully saturated rings. The quantitative estimate of drug-likeness (QED) is 0.654. The lowest BCUT2D eigenvalue weighted by molar-refractivity contribution is 0.183. The number of aryl methyl sites for hydroxylation is 1. The molecule has 0 amide bonds. The molecular formula is C24H26ClN3O2. The fourth-order valence-corrected chi connectivity index (χ4v) is 4.49. The van der Waals surface area contributed by atoms with Crippen molar-refractivity contribution >= 4 is 11.6 Å². The van der Waals surface area contributed by atoms with Crippen LogP contribution in [0.1, 0.15) is 47.8 Å². The first-order valence-corrected chi connectivity index (χ1v) is 10.7. The predicted octanol–water partition coefficient (Wildman–Crippen LogP) is 4.53. The molecule has 0 radical (unpaired) electrons. The zero-order valence-electron chi connectivity index (χ0n) is 17.1. The number of hydrogen-bond donors (Lipinski definition) is 1. The van der Waals surface area contributed by atoms with Crippen LogP contribution in [0.15, 0.2) is 59.5 Å². The fraction of sp³-hybridized carbons (Fsp3) is 0.333. The molecule has 1 unspecified atom stereocenters. The molecule has 1 N–H and O–H groups in total. The molecule has 30 heavy (non-hydrogen) atoms. The molecule has 0 spiro atoms. The largest absolute Gasteiger partial charge is 0.507 e. The second kappa shape index (κ2) is 9.02. The highest BCUT2D eigenvalue weighted by molar-refractivity contribution is 6.30. The number of piperidine rings is 1. The van der Waals surface area contributed by atoms with Crippen LogP contribution in [-0.4, -0.2) is 32.6 Å². The Morgan fingerprint density at radius 1 is 1.10 bits per heavy atom. The first kappa shape index (κ1) is 20.6. The highest BCUT2D eigenvalue weighted by Crippen LogP contribution is 2.35. The summed E-state index contributed by atoms with van der Waals surface area (Å²) in [5.74, 6) is 0.0327. The first-order chi connectivity index (χ1) is 14.5. The van der Waals surface area contributed by atoms with E-state index in [0.717, 1.165) is 37.2 Å². The Labute approximate surface area is 181 Å². The van der Waals surface area contributed by atoms with Crippen molar-refractivity contribution in [3.63, 3.8) is 0 Å². The van der Waals surface area contributed by atoms with E-state index in [0.29, 0.717) is 22.8 Å². The van der Waals surface area contributed by atoms with Gasteiger partial charge in [0.2, 0.25) is 0 Å². The summed E-state index contributed by atoms with van der Waals surface area (Å²) in [5, 5.41) is 11.5. The third kappa shape index (κ3) is 4.27. The van der Waals surface area contributed by atoms with E-state index in [2.05, 4.69) is 9.88 Å². The topological polar surface area (TPSA) is 58.4 Å². The summed E-state index contributed by atoms with van der Waals surface area (Å²) in [7, 11) is 0. The van der Waals surface area contributed by atoms with Crippen molar-refractivity contribution in [1.29, 1.82) is 0 Å². The van der Waals surface area contributed by atoms with Crippen molar-refractivity contribution in [1.82, 2.24) is 14.5 Å². The lowest BCUT2D eigenvalue weighted by atomic mass is 9.94. The third-order valence-corrected chi connectivity index (χ3v) is 6.00. The van der Waals surface area contributed by atoms with Crippen LogP contribution in [0.3, 0.4) is 0 Å². The molecular weight excluding hydrogens is 398 g/mol. The van der Waals surface area contributed by atoms with E-state index in [1.807, 2.05) is 49.4 Å². The van der Waals surface area contributed by atoms with E-state index >= 15 is 0 Å². The SMILES string of the molecule is Cc1cc(O)c(C(c2cccc(Cl)c2)N2CCCCC2)c(=O)n1Cc1ccccn1. The van der Waals surface area contributed by atoms with Gasteiger partial charge in [0.1, 0.15) is 5.75 Å². The number of benzene rings is 1. The molecule has 2 aromatic heterocycles. The molecule has 1 aliphatic heterocycles. The van der Waals surface area contributed by atoms with Gasteiger partial charge in [-0.3, -0.25) is 14.7 Å². The maximum Gasteiger partial charge on any atom is 0.260 e. The molecule has 1 aromatic carbocycles. The van der Waals surface area contributed by atoms with E-state index in [1.165, 1.54) is 6.42 Å². The maximum absolute atomic E-state index is 13.7. The summed E-state index contributed by atoms with van der Waals surface area (Å²) in [6, 6.07) is 14.6. The zero-order chi connectivity index (χ0) is 21.1. The van der Waals surface area contributed by atoms with E-state index in [4.69, 9.17) is 11.6 Å². The third-order valence-electron chi connectivity index (χ3n) is 5.76. The van der Waals surface area contributed by atoms with Gasteiger partial charge in [-0.1, -0.05) is 36.2 Å². The lowest BCUT2D eigenvalue weighted by Crippen LogP contribution is -2.39. The summed E-state index contributed by atoms with van der Waals surface area (Å²) in [4.78, 5) is 20.3. The Morgan fingerprint density at radius 3 is 2.60 bits per heavy atom. The minimum Gasteiger partial charge on any atom is -0.507 e. The summed E-state index contributed by atoms with van der Waals surface area (Å²) < 4.78 is 1.69. The van der Waals surface area contributed by atoms with Gasteiger partial charge in [-0.05, 0) is 68.8 Å². The van der Waals surface area contributed by atoms with Crippen LogP contribution < -0.4 is 5.56 Å². The number of halogens is 1. The van der Waals surface area contributed by atoms with Crippen LogP contribution >= 0.6 is 11.6 Å². The molecule has 5 nitrogen and oxygen atoms in total. The van der Waals surface area contributed by atoms with E-state index in [1.54, 1.807) is 16.8 Å². The summed E-state index contributed by atoms with van der Waals surface area (Å²) in [6.07, 6.45) is 5.06. The van der Waals surface area contributed by atoms with Crippen molar-refractivity contribution < 1.29 is 5.11 Å². The molecule has 1 aliphatic rings. The smallest absolute Gasteiger partial charge is 0.260 e. The Bertz CT molecular complexity index is 1080. The van der Waals surface area contributed by atoms with E-state index in [-0.39, 0.29) is 17.4 Å². The van der Waals surface area contributed by atoms with Crippen LogP contribution in [0, 0.1) is 6.92 Å². The highest BCUT2D eigenvalue weighted by atomic mass is 35.5. The number of rotatable bonds is 5. The van der Waals surface area contributed by atoms with Gasteiger partial charge in [0.15, 0.2) is 0 Å². The average Bonchev–Trinajstić information content (AvgIpc) is 2.75. The van der Waals surface area contributed by atoms with E-state index in [9.17, 15) is 9.90 Å². The Hall–Kier alpha value is -2.63. The second-order valence-corrected chi connectivity index (χ2v) is 8.29. The Kier molecular flexibility index (Phi) is 6.21. The molecule has 1 atom stereocenters. The summed E-state index contributed by atoms with van der Waals surface area (Å²) in [6.45, 7) is 3.96. The molecule has 4 rings (SSSR count). The van der Waals surface area contributed by atoms with Crippen molar-refractivity contribution in [3.05, 3.63) is 92.6 Å². The zero-order valence-corrected chi connectivity index (χ0v) is 17.8. The van der Waals surface area contributed by atoms with Crippen LogP contribution in [0.5, 0.6) is 5.75 Å². The van der Waals surface area contributed by atoms with Crippen LogP contribution in [-0.2, 0) is 6.54 Å². The molecule has 0 aliphatic carbocycles. The molecule has 0 saturated carbocycles. The maximum atomic E-state index is 13.7. The normalized spacial score (nSPS) is 15.8.